The number of nitrogens with one attached hydrogen (secondary N) is 1. The van der Waals surface area contributed by atoms with Crippen LogP contribution in [0.3, 0.4) is 0 Å². The average molecular weight is 409 g/mol. The fourth-order valence-electron chi connectivity index (χ4n) is 3.55. The molecule has 2 aromatic carbocycles. The molecule has 1 N–H and O–H groups in total. The lowest BCUT2D eigenvalue weighted by atomic mass is 10.3. The third kappa shape index (κ3) is 4.44. The normalized spacial score (nSPS) is 14.5. The van der Waals surface area contributed by atoms with Crippen molar-refractivity contribution < 1.29 is 13.9 Å². The van der Waals surface area contributed by atoms with E-state index in [0.29, 0.717) is 0 Å². The molecule has 8 heteroatoms. The van der Waals surface area contributed by atoms with Crippen molar-refractivity contribution in [2.24, 2.45) is 0 Å². The first-order valence-corrected chi connectivity index (χ1v) is 9.83. The second-order valence-corrected chi connectivity index (χ2v) is 7.09. The Morgan fingerprint density at radius 1 is 1.13 bits per heavy atom. The number of rotatable bonds is 6. The molecule has 30 heavy (non-hydrogen) atoms. The number of carbonyl (C=O) groups excluding carboxylic acids is 1. The second kappa shape index (κ2) is 8.96. The number of piperazine rings is 1. The molecule has 0 atom stereocenters. The van der Waals surface area contributed by atoms with E-state index in [0.717, 1.165) is 43.6 Å². The summed E-state index contributed by atoms with van der Waals surface area (Å²) in [6.45, 7) is 3.15. The second-order valence-electron chi connectivity index (χ2n) is 7.09. The molecule has 1 aliphatic heterocycles. The molecular formula is C22H24FN5O2. The maximum absolute atomic E-state index is 13.7. The summed E-state index contributed by atoms with van der Waals surface area (Å²) in [5, 5.41) is 2.64. The van der Waals surface area contributed by atoms with Gasteiger partial charge in [0, 0.05) is 44.6 Å². The van der Waals surface area contributed by atoms with Crippen molar-refractivity contribution in [1.82, 2.24) is 14.5 Å². The number of halogens is 1. The van der Waals surface area contributed by atoms with E-state index in [2.05, 4.69) is 20.1 Å². The molecule has 1 saturated heterocycles. The van der Waals surface area contributed by atoms with Crippen LogP contribution in [-0.4, -0.2) is 60.2 Å². The summed E-state index contributed by atoms with van der Waals surface area (Å²) in [5.74, 6) is 1.00. The molecular weight excluding hydrogens is 385 g/mol. The highest BCUT2D eigenvalue weighted by atomic mass is 19.1. The maximum atomic E-state index is 13.7. The zero-order valence-corrected chi connectivity index (χ0v) is 16.8. The standard InChI is InChI=1S/C22H24FN5O2/c1-30-18-6-4-5-17(15-18)28-10-9-24-22(28)27-13-11-26(12-14-27)16-21(29)25-20-8-3-2-7-19(20)23/h2-10,15H,11-14,16H2,1H3,(H,25,29). The molecule has 0 unspecified atom stereocenters. The lowest BCUT2D eigenvalue weighted by molar-refractivity contribution is -0.117. The van der Waals surface area contributed by atoms with E-state index in [4.69, 9.17) is 4.74 Å². The minimum atomic E-state index is -0.431. The lowest BCUT2D eigenvalue weighted by Gasteiger charge is -2.35. The quantitative estimate of drug-likeness (QED) is 0.678. The van der Waals surface area contributed by atoms with Gasteiger partial charge in [0.15, 0.2) is 0 Å². The summed E-state index contributed by atoms with van der Waals surface area (Å²) >= 11 is 0. The summed E-state index contributed by atoms with van der Waals surface area (Å²) in [7, 11) is 1.65. The van der Waals surface area contributed by atoms with Crippen molar-refractivity contribution in [2.75, 3.05) is 50.1 Å². The molecule has 7 nitrogen and oxygen atoms in total. The number of ether oxygens (including phenoxy) is 1. The molecule has 0 spiro atoms. The van der Waals surface area contributed by atoms with Crippen LogP contribution in [0.2, 0.25) is 0 Å². The van der Waals surface area contributed by atoms with Gasteiger partial charge in [-0.3, -0.25) is 14.3 Å². The minimum Gasteiger partial charge on any atom is -0.497 e. The number of imidazole rings is 1. The number of benzene rings is 2. The van der Waals surface area contributed by atoms with E-state index in [1.165, 1.54) is 6.07 Å². The highest BCUT2D eigenvalue weighted by molar-refractivity contribution is 5.92. The molecule has 0 aliphatic carbocycles. The monoisotopic (exact) mass is 409 g/mol. The van der Waals surface area contributed by atoms with Crippen LogP contribution in [0.5, 0.6) is 5.75 Å². The molecule has 0 bridgehead atoms. The molecule has 0 saturated carbocycles. The van der Waals surface area contributed by atoms with E-state index in [9.17, 15) is 9.18 Å². The Bertz CT molecular complexity index is 1010. The largest absolute Gasteiger partial charge is 0.497 e. The number of hydrogen-bond acceptors (Lipinski definition) is 5. The Hall–Kier alpha value is -3.39. The van der Waals surface area contributed by atoms with Crippen molar-refractivity contribution in [3.8, 4) is 11.4 Å². The van der Waals surface area contributed by atoms with Crippen LogP contribution >= 0.6 is 0 Å². The zero-order valence-electron chi connectivity index (χ0n) is 16.8. The highest BCUT2D eigenvalue weighted by Gasteiger charge is 2.22. The highest BCUT2D eigenvalue weighted by Crippen LogP contribution is 2.23. The zero-order chi connectivity index (χ0) is 20.9. The van der Waals surface area contributed by atoms with Crippen LogP contribution in [0, 0.1) is 5.82 Å². The first-order valence-electron chi connectivity index (χ1n) is 9.83. The Kier molecular flexibility index (Phi) is 5.94. The first-order chi connectivity index (χ1) is 14.6. The van der Waals surface area contributed by atoms with Gasteiger partial charge < -0.3 is 15.0 Å². The van der Waals surface area contributed by atoms with E-state index < -0.39 is 5.82 Å². The van der Waals surface area contributed by atoms with Gasteiger partial charge in [0.1, 0.15) is 11.6 Å². The van der Waals surface area contributed by atoms with Crippen LogP contribution in [0.4, 0.5) is 16.0 Å². The number of methoxy groups -OCH3 is 1. The Labute approximate surface area is 174 Å². The van der Waals surface area contributed by atoms with Gasteiger partial charge in [-0.25, -0.2) is 9.37 Å². The van der Waals surface area contributed by atoms with Gasteiger partial charge in [-0.2, -0.15) is 0 Å². The summed E-state index contributed by atoms with van der Waals surface area (Å²) in [6.07, 6.45) is 3.71. The molecule has 1 fully saturated rings. The van der Waals surface area contributed by atoms with Crippen molar-refractivity contribution >= 4 is 17.5 Å². The summed E-state index contributed by atoms with van der Waals surface area (Å²) in [4.78, 5) is 21.1. The molecule has 156 valence electrons. The number of para-hydroxylation sites is 1. The van der Waals surface area contributed by atoms with E-state index in [-0.39, 0.29) is 18.1 Å². The topological polar surface area (TPSA) is 62.6 Å². The van der Waals surface area contributed by atoms with E-state index >= 15 is 0 Å². The Morgan fingerprint density at radius 3 is 2.70 bits per heavy atom. The van der Waals surface area contributed by atoms with Gasteiger partial charge in [-0.1, -0.05) is 18.2 Å². The smallest absolute Gasteiger partial charge is 0.238 e. The minimum absolute atomic E-state index is 0.210. The number of amides is 1. The van der Waals surface area contributed by atoms with Gasteiger partial charge in [-0.15, -0.1) is 0 Å². The number of hydrogen-bond donors (Lipinski definition) is 1. The van der Waals surface area contributed by atoms with Crippen LogP contribution in [-0.2, 0) is 4.79 Å². The predicted octanol–water partition coefficient (Wildman–Crippen LogP) is 2.78. The molecule has 1 aliphatic rings. The molecule has 1 aromatic heterocycles. The average Bonchev–Trinajstić information content (AvgIpc) is 3.26. The summed E-state index contributed by atoms with van der Waals surface area (Å²) in [5.41, 5.74) is 1.19. The van der Waals surface area contributed by atoms with Crippen LogP contribution in [0.25, 0.3) is 5.69 Å². The Balaban J connectivity index is 1.36. The summed E-state index contributed by atoms with van der Waals surface area (Å²) < 4.78 is 21.1. The lowest BCUT2D eigenvalue weighted by Crippen LogP contribution is -2.49. The van der Waals surface area contributed by atoms with Crippen LogP contribution in [0.1, 0.15) is 0 Å². The number of anilines is 2. The van der Waals surface area contributed by atoms with E-state index in [1.807, 2.05) is 35.0 Å². The molecule has 4 rings (SSSR count). The van der Waals surface area contributed by atoms with Crippen molar-refractivity contribution in [2.45, 2.75) is 0 Å². The van der Waals surface area contributed by atoms with Crippen molar-refractivity contribution in [1.29, 1.82) is 0 Å². The van der Waals surface area contributed by atoms with Gasteiger partial charge in [0.2, 0.25) is 11.9 Å². The number of aromatic nitrogens is 2. The maximum Gasteiger partial charge on any atom is 0.238 e. The van der Waals surface area contributed by atoms with Crippen LogP contribution < -0.4 is 15.0 Å². The third-order valence-corrected chi connectivity index (χ3v) is 5.12. The fourth-order valence-corrected chi connectivity index (χ4v) is 3.55. The third-order valence-electron chi connectivity index (χ3n) is 5.12. The van der Waals surface area contributed by atoms with Crippen LogP contribution in [0.15, 0.2) is 60.9 Å². The fraction of sp³-hybridized carbons (Fsp3) is 0.273. The first kappa shape index (κ1) is 19.9. The molecule has 0 radical (unpaired) electrons. The SMILES string of the molecule is COc1cccc(-n2ccnc2N2CCN(CC(=O)Nc3ccccc3F)CC2)c1. The predicted molar refractivity (Wildman–Crippen MR) is 114 cm³/mol. The van der Waals surface area contributed by atoms with Gasteiger partial charge in [-0.05, 0) is 24.3 Å². The van der Waals surface area contributed by atoms with E-state index in [1.54, 1.807) is 31.5 Å². The molecule has 1 amide bonds. The van der Waals surface area contributed by atoms with Gasteiger partial charge in [0.05, 0.1) is 25.0 Å². The van der Waals surface area contributed by atoms with Crippen molar-refractivity contribution in [3.05, 3.63) is 66.7 Å². The number of nitrogens with zero attached hydrogens (tertiary/aromatic N) is 4. The number of carbonyl (C=O) groups is 1. The molecule has 3 aromatic rings. The van der Waals surface area contributed by atoms with Gasteiger partial charge >= 0.3 is 0 Å². The van der Waals surface area contributed by atoms with Crippen molar-refractivity contribution in [3.63, 3.8) is 0 Å². The summed E-state index contributed by atoms with van der Waals surface area (Å²) in [6, 6.07) is 14.0. The van der Waals surface area contributed by atoms with Gasteiger partial charge in [0.25, 0.3) is 0 Å². The molecule has 2 heterocycles. The Morgan fingerprint density at radius 2 is 1.93 bits per heavy atom.